The zero-order chi connectivity index (χ0) is 104. The summed E-state index contributed by atoms with van der Waals surface area (Å²) in [6, 6.07) is 96.2. The smallest absolute Gasteiger partial charge is 0.354 e. The molecule has 15 heterocycles. The molecular formula is C122H105N9O9S7. The molecule has 0 unspecified atom stereocenters. The van der Waals surface area contributed by atoms with Crippen molar-refractivity contribution in [1.82, 2.24) is 44.7 Å². The third-order valence-electron chi connectivity index (χ3n) is 24.2. The lowest BCUT2D eigenvalue weighted by Gasteiger charge is -2.08. The highest BCUT2D eigenvalue weighted by molar-refractivity contribution is 7.15. The molecule has 0 aliphatic carbocycles. The number of Topliss-reactive ketones (excluding diaryl/α,β-unsaturated/α-hetero) is 7. The first-order valence-electron chi connectivity index (χ1n) is 47.8. The van der Waals surface area contributed by atoms with Gasteiger partial charge in [-0.15, -0.1) is 79.4 Å². The van der Waals surface area contributed by atoms with Gasteiger partial charge >= 0.3 is 5.97 Å². The molecule has 734 valence electrons. The van der Waals surface area contributed by atoms with Crippen molar-refractivity contribution in [1.29, 1.82) is 0 Å². The summed E-state index contributed by atoms with van der Waals surface area (Å²) in [5, 5.41) is 24.8. The number of rotatable bonds is 23. The van der Waals surface area contributed by atoms with Gasteiger partial charge in [-0.3, -0.25) is 58.5 Å². The van der Waals surface area contributed by atoms with Gasteiger partial charge in [0.15, 0.2) is 46.3 Å². The van der Waals surface area contributed by atoms with Crippen molar-refractivity contribution < 1.29 is 43.5 Å². The highest BCUT2D eigenvalue weighted by Gasteiger charge is 2.22. The van der Waals surface area contributed by atoms with Crippen LogP contribution in [0.1, 0.15) is 187 Å². The fourth-order valence-corrected chi connectivity index (χ4v) is 22.4. The van der Waals surface area contributed by atoms with Crippen LogP contribution in [0.25, 0.3) is 82.1 Å². The highest BCUT2D eigenvalue weighted by atomic mass is 32.1. The molecule has 0 saturated carbocycles. The van der Waals surface area contributed by atoms with Crippen LogP contribution in [0.15, 0.2) is 308 Å². The third kappa shape index (κ3) is 26.9. The van der Waals surface area contributed by atoms with Gasteiger partial charge in [-0.25, -0.2) is 19.4 Å². The van der Waals surface area contributed by atoms with Gasteiger partial charge in [-0.1, -0.05) is 170 Å². The standard InChI is InChI=1S/C21H19N3OS.C17H13NO3S.4C17H15NOS.C16H13NOS/c1-13-11-14(2)24(23-13)20-10-8-16-5-4-6-17(21(16)22-20)12-18(25)19-9-7-15(3)26-19;1-10-5-8-15(22-10)14(19)9-12-4-2-3-11-6-7-13(17(20)21)18-16(11)12;3*1-11-6-8-13-4-3-5-14(17(13)18-11)10-15(19)16-9-7-12(2)20-16;1-11-8-9-20-17(11)15(19)10-14-5-3-4-13-7-6-12(2)18-16(13)14;1-11-7-8-12-4-2-5-13(16(12)17-11)10-14(18)15-6-3-9-19-15/h4-11H,12H2,1-3H3;2-8H,9H2,1H3,(H,20,21);4*3-9H,10H2,1-2H3;2-9H,10H2,1H3. The van der Waals surface area contributed by atoms with Crippen molar-refractivity contribution in [3.05, 3.63) is 457 Å². The maximum Gasteiger partial charge on any atom is 0.354 e. The fraction of sp³-hybridized carbons (Fsp3) is 0.164. The summed E-state index contributed by atoms with van der Waals surface area (Å²) in [6.07, 6.45) is 2.62. The Morgan fingerprint density at radius 2 is 0.517 bits per heavy atom. The average molecular weight is 2070 g/mol. The van der Waals surface area contributed by atoms with E-state index in [9.17, 15) is 38.4 Å². The van der Waals surface area contributed by atoms with E-state index in [4.69, 9.17) is 10.1 Å². The zero-order valence-corrected chi connectivity index (χ0v) is 89.2. The first-order valence-corrected chi connectivity index (χ1v) is 53.6. The number of carbonyl (C=O) groups excluding carboxylic acids is 7. The van der Waals surface area contributed by atoms with Gasteiger partial charge in [0.1, 0.15) is 5.69 Å². The summed E-state index contributed by atoms with van der Waals surface area (Å²) >= 11 is 10.7. The summed E-state index contributed by atoms with van der Waals surface area (Å²) in [5.41, 5.74) is 20.8. The SMILES string of the molecule is Cc1cc(C)n(-c2ccc3cccc(CC(=O)c4ccc(C)s4)c3n2)n1.Cc1ccc(C(=O)Cc2cccc3ccc(C(=O)O)nc23)s1.Cc1ccc2cccc(CC(=O)c3ccc(C)s3)c2n1.Cc1ccc2cccc(CC(=O)c3ccc(C)s3)c2n1.Cc1ccc2cccc(CC(=O)c3ccc(C)s3)c2n1.Cc1ccc2cccc(CC(=O)c3cccs3)c2n1.Cc1ccc2cccc(CC(=O)c3sccc3C)c2n1. The number of aromatic nitrogens is 9. The van der Waals surface area contributed by atoms with Gasteiger partial charge < -0.3 is 5.11 Å². The predicted octanol–water partition coefficient (Wildman–Crippen LogP) is 29.9. The molecule has 0 amide bonds. The molecule has 0 saturated heterocycles. The molecule has 1 N–H and O–H groups in total. The van der Waals surface area contributed by atoms with Crippen LogP contribution in [-0.2, 0) is 44.9 Å². The predicted molar refractivity (Wildman–Crippen MR) is 604 cm³/mol. The molecule has 25 heteroatoms. The second-order valence-electron chi connectivity index (χ2n) is 35.9. The summed E-state index contributed by atoms with van der Waals surface area (Å²) in [4.78, 5) is 141. The molecular weight excluding hydrogens is 1960 g/mol. The first kappa shape index (κ1) is 105. The van der Waals surface area contributed by atoms with Crippen molar-refractivity contribution >= 4 is 202 Å². The summed E-state index contributed by atoms with van der Waals surface area (Å²) in [5.74, 6) is 0.685. The van der Waals surface area contributed by atoms with Gasteiger partial charge in [0.25, 0.3) is 0 Å². The lowest BCUT2D eigenvalue weighted by Crippen LogP contribution is -2.05. The Hall–Kier alpha value is -15.3. The number of nitrogens with zero attached hydrogens (tertiary/aromatic N) is 9. The van der Waals surface area contributed by atoms with Crippen LogP contribution in [0.4, 0.5) is 0 Å². The van der Waals surface area contributed by atoms with E-state index in [1.807, 2.05) is 360 Å². The molecule has 22 rings (SSSR count). The molecule has 7 aromatic carbocycles. The molecule has 18 nitrogen and oxygen atoms in total. The Morgan fingerprint density at radius 3 is 0.769 bits per heavy atom. The monoisotopic (exact) mass is 2060 g/mol. The summed E-state index contributed by atoms with van der Waals surface area (Å²) < 4.78 is 1.84. The third-order valence-corrected chi connectivity index (χ3v) is 31.4. The topological polar surface area (TPSA) is 265 Å². The molecule has 147 heavy (non-hydrogen) atoms. The number of hydrogen-bond donors (Lipinski definition) is 1. The number of pyridine rings is 7. The van der Waals surface area contributed by atoms with E-state index >= 15 is 0 Å². The number of fused-ring (bicyclic) bond motifs is 7. The number of hydrogen-bond acceptors (Lipinski definition) is 23. The first-order chi connectivity index (χ1) is 70.8. The van der Waals surface area contributed by atoms with Crippen molar-refractivity contribution in [3.63, 3.8) is 0 Å². The minimum atomic E-state index is -1.07. The van der Waals surface area contributed by atoms with Crippen LogP contribution >= 0.6 is 79.4 Å². The zero-order valence-electron chi connectivity index (χ0n) is 83.5. The normalized spacial score (nSPS) is 10.9. The van der Waals surface area contributed by atoms with Crippen LogP contribution in [0.3, 0.4) is 0 Å². The van der Waals surface area contributed by atoms with E-state index in [0.29, 0.717) is 48.9 Å². The van der Waals surface area contributed by atoms with Gasteiger partial charge in [0.2, 0.25) is 0 Å². The van der Waals surface area contributed by atoms with Crippen molar-refractivity contribution in [3.8, 4) is 5.82 Å². The number of para-hydroxylation sites is 7. The van der Waals surface area contributed by atoms with Crippen LogP contribution in [0, 0.1) is 90.0 Å². The Balaban J connectivity index is 0.000000123. The Morgan fingerprint density at radius 1 is 0.245 bits per heavy atom. The number of carboxylic acids is 1. The number of carboxylic acid groups (broad SMARTS) is 1. The second kappa shape index (κ2) is 48.1. The van der Waals surface area contributed by atoms with E-state index in [2.05, 4.69) is 65.3 Å². The van der Waals surface area contributed by atoms with Crippen LogP contribution < -0.4 is 0 Å². The lowest BCUT2D eigenvalue weighted by molar-refractivity contribution is 0.0689. The van der Waals surface area contributed by atoms with E-state index in [0.717, 1.165) is 200 Å². The van der Waals surface area contributed by atoms with E-state index in [-0.39, 0.29) is 52.6 Å². The molecule has 0 aliphatic heterocycles. The molecule has 22 aromatic rings. The average Bonchev–Trinajstić information content (AvgIpc) is 1.66. The summed E-state index contributed by atoms with van der Waals surface area (Å²) in [7, 11) is 0. The number of aromatic carboxylic acids is 1. The number of aryl methyl sites for hydroxylation is 13. The Bertz CT molecular complexity index is 8370. The summed E-state index contributed by atoms with van der Waals surface area (Å²) in [6.45, 7) is 25.9. The van der Waals surface area contributed by atoms with Gasteiger partial charge in [0.05, 0.1) is 78.5 Å². The van der Waals surface area contributed by atoms with Crippen LogP contribution in [0.5, 0.6) is 0 Å². The van der Waals surface area contributed by atoms with Crippen molar-refractivity contribution in [2.75, 3.05) is 0 Å². The van der Waals surface area contributed by atoms with E-state index in [1.165, 1.54) is 54.7 Å². The van der Waals surface area contributed by atoms with Gasteiger partial charge in [0, 0.05) is 141 Å². The molecule has 0 fully saturated rings. The van der Waals surface area contributed by atoms with Crippen molar-refractivity contribution in [2.24, 2.45) is 0 Å². The number of benzene rings is 7. The molecule has 15 aromatic heterocycles. The van der Waals surface area contributed by atoms with Gasteiger partial charge in [-0.05, 0) is 273 Å². The molecule has 0 spiro atoms. The molecule has 0 atom stereocenters. The minimum Gasteiger partial charge on any atom is -0.477 e. The number of ketones is 7. The quantitative estimate of drug-likeness (QED) is 0.0583. The maximum atomic E-state index is 12.6. The highest BCUT2D eigenvalue weighted by Crippen LogP contribution is 2.33. The van der Waals surface area contributed by atoms with Crippen LogP contribution in [0.2, 0.25) is 0 Å². The molecule has 0 radical (unpaired) electrons. The molecule has 0 aliphatic rings. The Labute approximate surface area is 880 Å². The molecule has 0 bridgehead atoms. The van der Waals surface area contributed by atoms with E-state index < -0.39 is 5.97 Å². The maximum absolute atomic E-state index is 12.6. The van der Waals surface area contributed by atoms with E-state index in [1.54, 1.807) is 51.4 Å². The van der Waals surface area contributed by atoms with Crippen molar-refractivity contribution in [2.45, 2.75) is 135 Å². The lowest BCUT2D eigenvalue weighted by atomic mass is 10.0. The van der Waals surface area contributed by atoms with Crippen LogP contribution in [-0.4, -0.2) is 96.2 Å². The Kier molecular flexibility index (Phi) is 34.2. The number of thiophene rings is 7. The fourth-order valence-electron chi connectivity index (χ4n) is 16.9. The van der Waals surface area contributed by atoms with Gasteiger partial charge in [-0.2, -0.15) is 5.10 Å². The second-order valence-corrected chi connectivity index (χ2v) is 44.2. The minimum absolute atomic E-state index is 0.0145. The largest absolute Gasteiger partial charge is 0.477 e. The number of carbonyl (C=O) groups is 8.